The van der Waals surface area contributed by atoms with Crippen molar-refractivity contribution in [1.29, 1.82) is 5.26 Å². The summed E-state index contributed by atoms with van der Waals surface area (Å²) in [5.41, 5.74) is 1.19. The number of methoxy groups -OCH3 is 1. The topological polar surface area (TPSA) is 70.4 Å². The Morgan fingerprint density at radius 2 is 2.05 bits per heavy atom. The van der Waals surface area contributed by atoms with E-state index in [-0.39, 0.29) is 4.90 Å². The second kappa shape index (κ2) is 6.56. The molecule has 0 atom stereocenters. The lowest BCUT2D eigenvalue weighted by Crippen LogP contribution is -2.39. The number of hydrogen-bond acceptors (Lipinski definition) is 4. The minimum Gasteiger partial charge on any atom is -0.384 e. The SMILES string of the molecule is COCC1CCN(S(=O)(=O)c2ccc(C#N)c(C)c2)CC1. The molecule has 114 valence electrons. The summed E-state index contributed by atoms with van der Waals surface area (Å²) in [6.07, 6.45) is 1.64. The average Bonchev–Trinajstić information content (AvgIpc) is 2.48. The number of piperidine rings is 1. The van der Waals surface area contributed by atoms with Crippen molar-refractivity contribution in [2.75, 3.05) is 26.8 Å². The minimum atomic E-state index is -3.46. The first-order chi connectivity index (χ1) is 9.98. The maximum absolute atomic E-state index is 12.6. The molecule has 1 saturated heterocycles. The first kappa shape index (κ1) is 16.0. The van der Waals surface area contributed by atoms with E-state index in [9.17, 15) is 8.42 Å². The van der Waals surface area contributed by atoms with Gasteiger partial charge in [0.1, 0.15) is 0 Å². The third-order valence-electron chi connectivity index (χ3n) is 3.93. The van der Waals surface area contributed by atoms with Crippen molar-refractivity contribution in [3.63, 3.8) is 0 Å². The zero-order chi connectivity index (χ0) is 15.5. The maximum atomic E-state index is 12.6. The number of nitrogens with zero attached hydrogens (tertiary/aromatic N) is 2. The van der Waals surface area contributed by atoms with Gasteiger partial charge in [0.05, 0.1) is 16.5 Å². The number of benzene rings is 1. The largest absolute Gasteiger partial charge is 0.384 e. The molecule has 5 nitrogen and oxygen atoms in total. The van der Waals surface area contributed by atoms with Crippen LogP contribution in [0.2, 0.25) is 0 Å². The van der Waals surface area contributed by atoms with Gasteiger partial charge in [-0.25, -0.2) is 8.42 Å². The van der Waals surface area contributed by atoms with Gasteiger partial charge >= 0.3 is 0 Å². The van der Waals surface area contributed by atoms with E-state index < -0.39 is 10.0 Å². The van der Waals surface area contributed by atoms with Crippen LogP contribution in [0.25, 0.3) is 0 Å². The zero-order valence-electron chi connectivity index (χ0n) is 12.4. The Morgan fingerprint density at radius 1 is 1.38 bits per heavy atom. The van der Waals surface area contributed by atoms with Gasteiger partial charge in [-0.05, 0) is 49.4 Å². The third-order valence-corrected chi connectivity index (χ3v) is 5.83. The van der Waals surface area contributed by atoms with Crippen LogP contribution in [0.15, 0.2) is 23.1 Å². The summed E-state index contributed by atoms with van der Waals surface area (Å²) >= 11 is 0. The summed E-state index contributed by atoms with van der Waals surface area (Å²) in [5.74, 6) is 0.434. The normalized spacial score (nSPS) is 17.6. The highest BCUT2D eigenvalue weighted by Gasteiger charge is 2.29. The van der Waals surface area contributed by atoms with Gasteiger partial charge in [0, 0.05) is 26.8 Å². The summed E-state index contributed by atoms with van der Waals surface area (Å²) < 4.78 is 31.9. The van der Waals surface area contributed by atoms with Gasteiger partial charge in [-0.3, -0.25) is 0 Å². The van der Waals surface area contributed by atoms with Crippen LogP contribution in [0.3, 0.4) is 0 Å². The number of aryl methyl sites for hydroxylation is 1. The Hall–Kier alpha value is -1.42. The molecule has 0 amide bonds. The smallest absolute Gasteiger partial charge is 0.243 e. The van der Waals surface area contributed by atoms with Crippen LogP contribution in [0.5, 0.6) is 0 Å². The summed E-state index contributed by atoms with van der Waals surface area (Å²) in [6, 6.07) is 6.71. The Balaban J connectivity index is 2.16. The van der Waals surface area contributed by atoms with E-state index in [0.29, 0.717) is 36.7 Å². The molecule has 1 aromatic carbocycles. The molecule has 21 heavy (non-hydrogen) atoms. The van der Waals surface area contributed by atoms with Crippen LogP contribution in [0, 0.1) is 24.2 Å². The number of nitriles is 1. The van der Waals surface area contributed by atoms with Crippen molar-refractivity contribution < 1.29 is 13.2 Å². The highest BCUT2D eigenvalue weighted by molar-refractivity contribution is 7.89. The van der Waals surface area contributed by atoms with Gasteiger partial charge in [-0.15, -0.1) is 0 Å². The zero-order valence-corrected chi connectivity index (χ0v) is 13.2. The fourth-order valence-electron chi connectivity index (χ4n) is 2.62. The lowest BCUT2D eigenvalue weighted by molar-refractivity contribution is 0.121. The number of sulfonamides is 1. The summed E-state index contributed by atoms with van der Waals surface area (Å²) in [5, 5.41) is 8.92. The maximum Gasteiger partial charge on any atom is 0.243 e. The van der Waals surface area contributed by atoms with E-state index in [1.54, 1.807) is 26.2 Å². The van der Waals surface area contributed by atoms with Crippen LogP contribution in [-0.4, -0.2) is 39.5 Å². The summed E-state index contributed by atoms with van der Waals surface area (Å²) in [4.78, 5) is 0.268. The number of rotatable bonds is 4. The standard InChI is InChI=1S/C15H20N2O3S/c1-12-9-15(4-3-14(12)10-16)21(18,19)17-7-5-13(6-8-17)11-20-2/h3-4,9,13H,5-8,11H2,1-2H3. The van der Waals surface area contributed by atoms with Gasteiger partial charge in [0.15, 0.2) is 0 Å². The second-order valence-corrected chi connectivity index (χ2v) is 7.33. The van der Waals surface area contributed by atoms with Gasteiger partial charge in [0.2, 0.25) is 10.0 Å². The van der Waals surface area contributed by atoms with E-state index in [0.717, 1.165) is 12.8 Å². The highest BCUT2D eigenvalue weighted by Crippen LogP contribution is 2.25. The Labute approximate surface area is 126 Å². The van der Waals surface area contributed by atoms with Crippen molar-refractivity contribution in [3.05, 3.63) is 29.3 Å². The molecule has 2 rings (SSSR count). The summed E-state index contributed by atoms with van der Waals surface area (Å²) in [7, 11) is -1.80. The highest BCUT2D eigenvalue weighted by atomic mass is 32.2. The molecule has 0 aliphatic carbocycles. The molecule has 0 bridgehead atoms. The molecule has 0 N–H and O–H groups in total. The fourth-order valence-corrected chi connectivity index (χ4v) is 4.18. The van der Waals surface area contributed by atoms with Crippen LogP contribution >= 0.6 is 0 Å². The molecule has 1 aliphatic rings. The van der Waals surface area contributed by atoms with Crippen molar-refractivity contribution in [1.82, 2.24) is 4.31 Å². The third kappa shape index (κ3) is 3.43. The molecule has 1 aromatic rings. The first-order valence-corrected chi connectivity index (χ1v) is 8.43. The van der Waals surface area contributed by atoms with Crippen LogP contribution in [0.1, 0.15) is 24.0 Å². The van der Waals surface area contributed by atoms with E-state index in [1.807, 2.05) is 0 Å². The predicted octanol–water partition coefficient (Wildman–Crippen LogP) is 1.91. The van der Waals surface area contributed by atoms with Gasteiger partial charge < -0.3 is 4.74 Å². The van der Waals surface area contributed by atoms with Crippen molar-refractivity contribution in [3.8, 4) is 6.07 Å². The molecule has 0 aromatic heterocycles. The predicted molar refractivity (Wildman–Crippen MR) is 79.3 cm³/mol. The Kier molecular flexibility index (Phi) is 4.99. The van der Waals surface area contributed by atoms with Crippen LogP contribution < -0.4 is 0 Å². The quantitative estimate of drug-likeness (QED) is 0.852. The van der Waals surface area contributed by atoms with Gasteiger partial charge in [-0.2, -0.15) is 9.57 Å². The molecule has 1 heterocycles. The molecule has 1 aliphatic heterocycles. The Bertz CT molecular complexity index is 641. The second-order valence-electron chi connectivity index (χ2n) is 5.39. The molecule has 0 spiro atoms. The monoisotopic (exact) mass is 308 g/mol. The molecular weight excluding hydrogens is 288 g/mol. The van der Waals surface area contributed by atoms with Crippen molar-refractivity contribution >= 4 is 10.0 Å². The summed E-state index contributed by atoms with van der Waals surface area (Å²) in [6.45, 7) is 3.48. The average molecular weight is 308 g/mol. The van der Waals surface area contributed by atoms with E-state index in [2.05, 4.69) is 6.07 Å². The first-order valence-electron chi connectivity index (χ1n) is 6.99. The van der Waals surface area contributed by atoms with Crippen molar-refractivity contribution in [2.24, 2.45) is 5.92 Å². The molecular formula is C15H20N2O3S. The van der Waals surface area contributed by atoms with Gasteiger partial charge in [-0.1, -0.05) is 0 Å². The molecule has 0 saturated carbocycles. The lowest BCUT2D eigenvalue weighted by atomic mass is 9.99. The minimum absolute atomic E-state index is 0.268. The molecule has 0 radical (unpaired) electrons. The van der Waals surface area contributed by atoms with Crippen LogP contribution in [0.4, 0.5) is 0 Å². The fraction of sp³-hybridized carbons (Fsp3) is 0.533. The molecule has 0 unspecified atom stereocenters. The lowest BCUT2D eigenvalue weighted by Gasteiger charge is -2.30. The molecule has 1 fully saturated rings. The van der Waals surface area contributed by atoms with E-state index >= 15 is 0 Å². The van der Waals surface area contributed by atoms with Crippen LogP contribution in [-0.2, 0) is 14.8 Å². The van der Waals surface area contributed by atoms with Crippen molar-refractivity contribution in [2.45, 2.75) is 24.7 Å². The Morgan fingerprint density at radius 3 is 2.57 bits per heavy atom. The van der Waals surface area contributed by atoms with E-state index in [1.165, 1.54) is 10.4 Å². The van der Waals surface area contributed by atoms with Gasteiger partial charge in [0.25, 0.3) is 0 Å². The van der Waals surface area contributed by atoms with E-state index in [4.69, 9.17) is 10.00 Å². The number of ether oxygens (including phenoxy) is 1. The number of hydrogen-bond donors (Lipinski definition) is 0. The molecule has 6 heteroatoms.